The Labute approximate surface area is 179 Å². The number of nitrogens with zero attached hydrogens (tertiary/aromatic N) is 2. The molecule has 0 aliphatic heterocycles. The molecule has 0 unspecified atom stereocenters. The van der Waals surface area contributed by atoms with Gasteiger partial charge in [0.1, 0.15) is 17.9 Å². The maximum absolute atomic E-state index is 9.61. The van der Waals surface area contributed by atoms with E-state index in [-0.39, 0.29) is 17.4 Å². The molecule has 0 aliphatic rings. The predicted octanol–water partition coefficient (Wildman–Crippen LogP) is 3.48. The van der Waals surface area contributed by atoms with Crippen molar-refractivity contribution >= 4 is 34.0 Å². The Bertz CT molecular complexity index is 987. The maximum atomic E-state index is 9.61. The first-order valence-electron chi connectivity index (χ1n) is 9.65. The van der Waals surface area contributed by atoms with Gasteiger partial charge in [0.05, 0.1) is 24.3 Å². The molecule has 0 spiro atoms. The van der Waals surface area contributed by atoms with Crippen LogP contribution in [0, 0.1) is 0 Å². The van der Waals surface area contributed by atoms with E-state index in [9.17, 15) is 5.11 Å². The van der Waals surface area contributed by atoms with Crippen LogP contribution in [0.1, 0.15) is 12.8 Å². The Morgan fingerprint density at radius 2 is 1.90 bits per heavy atom. The first kappa shape index (κ1) is 21.9. The van der Waals surface area contributed by atoms with Crippen molar-refractivity contribution in [1.29, 1.82) is 0 Å². The van der Waals surface area contributed by atoms with Crippen molar-refractivity contribution in [2.24, 2.45) is 0 Å². The summed E-state index contributed by atoms with van der Waals surface area (Å²) in [6.45, 7) is 2.28. The van der Waals surface area contributed by atoms with Crippen LogP contribution in [-0.2, 0) is 0 Å². The summed E-state index contributed by atoms with van der Waals surface area (Å²) in [7, 11) is 1.59. The van der Waals surface area contributed by atoms with E-state index in [4.69, 9.17) is 26.2 Å². The standard InChI is InChI=1S/C21H25ClN4O4/c1-29-19-12-17-15(11-20(19)30-9-3-7-23-6-2-8-27)21(25-13-24-17)26-14-4-5-18(28)16(22)10-14/h4-5,10-13,23,27-28H,2-3,6-9H2,1H3,(H,24,25,26). The summed E-state index contributed by atoms with van der Waals surface area (Å²) in [6.07, 6.45) is 3.01. The Kier molecular flexibility index (Phi) is 7.89. The summed E-state index contributed by atoms with van der Waals surface area (Å²) in [6, 6.07) is 8.49. The number of benzene rings is 2. The van der Waals surface area contributed by atoms with Gasteiger partial charge in [0.25, 0.3) is 0 Å². The van der Waals surface area contributed by atoms with E-state index in [0.29, 0.717) is 35.1 Å². The molecule has 1 aromatic heterocycles. The first-order valence-corrected chi connectivity index (χ1v) is 10.0. The lowest BCUT2D eigenvalue weighted by Gasteiger charge is -2.14. The number of rotatable bonds is 11. The van der Waals surface area contributed by atoms with E-state index < -0.39 is 0 Å². The van der Waals surface area contributed by atoms with Crippen LogP contribution in [0.25, 0.3) is 10.9 Å². The summed E-state index contributed by atoms with van der Waals surface area (Å²) in [5.74, 6) is 1.79. The fourth-order valence-corrected chi connectivity index (χ4v) is 3.05. The molecule has 0 aliphatic carbocycles. The van der Waals surface area contributed by atoms with E-state index in [2.05, 4.69) is 20.6 Å². The molecular formula is C21H25ClN4O4. The number of aromatic hydroxyl groups is 1. The number of fused-ring (bicyclic) bond motifs is 1. The van der Waals surface area contributed by atoms with Crippen molar-refractivity contribution in [3.63, 3.8) is 0 Å². The monoisotopic (exact) mass is 432 g/mol. The molecule has 30 heavy (non-hydrogen) atoms. The number of ether oxygens (including phenoxy) is 2. The highest BCUT2D eigenvalue weighted by Crippen LogP contribution is 2.35. The molecule has 0 amide bonds. The van der Waals surface area contributed by atoms with Gasteiger partial charge >= 0.3 is 0 Å². The number of halogens is 1. The van der Waals surface area contributed by atoms with Crippen LogP contribution in [0.5, 0.6) is 17.2 Å². The van der Waals surface area contributed by atoms with Crippen LogP contribution < -0.4 is 20.1 Å². The van der Waals surface area contributed by atoms with Crippen LogP contribution >= 0.6 is 11.6 Å². The quantitative estimate of drug-likeness (QED) is 0.269. The Hall–Kier alpha value is -2.81. The fourth-order valence-electron chi connectivity index (χ4n) is 2.87. The van der Waals surface area contributed by atoms with Crippen LogP contribution in [0.2, 0.25) is 5.02 Å². The van der Waals surface area contributed by atoms with Gasteiger partial charge in [0, 0.05) is 23.7 Å². The van der Waals surface area contributed by atoms with Crippen molar-refractivity contribution in [2.75, 3.05) is 38.7 Å². The third-order valence-corrected chi connectivity index (χ3v) is 4.70. The predicted molar refractivity (Wildman–Crippen MR) is 117 cm³/mol. The number of anilines is 2. The number of phenols is 1. The molecule has 0 radical (unpaired) electrons. The van der Waals surface area contributed by atoms with Crippen LogP contribution in [-0.4, -0.2) is 53.6 Å². The Morgan fingerprint density at radius 1 is 1.07 bits per heavy atom. The zero-order valence-electron chi connectivity index (χ0n) is 16.7. The number of nitrogens with one attached hydrogen (secondary N) is 2. The van der Waals surface area contributed by atoms with Crippen molar-refractivity contribution in [3.05, 3.63) is 41.7 Å². The van der Waals surface area contributed by atoms with Gasteiger partial charge < -0.3 is 30.3 Å². The minimum absolute atomic E-state index is 0.0148. The van der Waals surface area contributed by atoms with Gasteiger partial charge in [-0.05, 0) is 50.2 Å². The number of aliphatic hydroxyl groups is 1. The highest BCUT2D eigenvalue weighted by molar-refractivity contribution is 6.32. The van der Waals surface area contributed by atoms with Gasteiger partial charge in [0.15, 0.2) is 11.5 Å². The lowest BCUT2D eigenvalue weighted by Crippen LogP contribution is -2.19. The highest BCUT2D eigenvalue weighted by atomic mass is 35.5. The third-order valence-electron chi connectivity index (χ3n) is 4.40. The number of hydrogen-bond acceptors (Lipinski definition) is 8. The summed E-state index contributed by atoms with van der Waals surface area (Å²) < 4.78 is 11.4. The minimum atomic E-state index is 0.0148. The van der Waals surface area contributed by atoms with Crippen molar-refractivity contribution in [2.45, 2.75) is 12.8 Å². The largest absolute Gasteiger partial charge is 0.506 e. The molecule has 160 valence electrons. The van der Waals surface area contributed by atoms with Gasteiger partial charge in [-0.25, -0.2) is 9.97 Å². The summed E-state index contributed by atoms with van der Waals surface area (Å²) in [5.41, 5.74) is 1.39. The second-order valence-electron chi connectivity index (χ2n) is 6.56. The summed E-state index contributed by atoms with van der Waals surface area (Å²) >= 11 is 6.00. The van der Waals surface area contributed by atoms with Crippen LogP contribution in [0.4, 0.5) is 11.5 Å². The number of aromatic nitrogens is 2. The molecule has 0 saturated heterocycles. The molecule has 1 heterocycles. The second kappa shape index (κ2) is 10.8. The average molecular weight is 433 g/mol. The van der Waals surface area contributed by atoms with Crippen LogP contribution in [0.15, 0.2) is 36.7 Å². The minimum Gasteiger partial charge on any atom is -0.506 e. The Balaban J connectivity index is 1.76. The topological polar surface area (TPSA) is 109 Å². The molecule has 0 atom stereocenters. The van der Waals surface area contributed by atoms with Crippen molar-refractivity contribution in [3.8, 4) is 17.2 Å². The first-order chi connectivity index (χ1) is 14.6. The normalized spacial score (nSPS) is 10.9. The molecule has 0 bridgehead atoms. The van der Waals surface area contributed by atoms with Gasteiger partial charge in [-0.3, -0.25) is 0 Å². The Morgan fingerprint density at radius 3 is 2.67 bits per heavy atom. The molecule has 9 heteroatoms. The third kappa shape index (κ3) is 5.63. The van der Waals surface area contributed by atoms with Crippen molar-refractivity contribution in [1.82, 2.24) is 15.3 Å². The van der Waals surface area contributed by atoms with E-state index in [1.54, 1.807) is 25.3 Å². The smallest absolute Gasteiger partial charge is 0.162 e. The molecule has 4 N–H and O–H groups in total. The zero-order chi connectivity index (χ0) is 21.3. The molecule has 2 aromatic carbocycles. The van der Waals surface area contributed by atoms with E-state index in [1.807, 2.05) is 6.07 Å². The fraction of sp³-hybridized carbons (Fsp3) is 0.333. The van der Waals surface area contributed by atoms with Gasteiger partial charge in [-0.2, -0.15) is 0 Å². The van der Waals surface area contributed by atoms with Crippen molar-refractivity contribution < 1.29 is 19.7 Å². The second-order valence-corrected chi connectivity index (χ2v) is 6.97. The summed E-state index contributed by atoms with van der Waals surface area (Å²) in [4.78, 5) is 8.65. The average Bonchev–Trinajstić information content (AvgIpc) is 2.75. The lowest BCUT2D eigenvalue weighted by atomic mass is 10.2. The molecule has 3 aromatic rings. The summed E-state index contributed by atoms with van der Waals surface area (Å²) in [5, 5.41) is 25.9. The number of hydrogen-bond donors (Lipinski definition) is 4. The zero-order valence-corrected chi connectivity index (χ0v) is 17.4. The SMILES string of the molecule is COc1cc2ncnc(Nc3ccc(O)c(Cl)c3)c2cc1OCCCNCCCO. The number of aliphatic hydroxyl groups excluding tert-OH is 1. The van der Waals surface area contributed by atoms with E-state index in [0.717, 1.165) is 31.3 Å². The number of phenolic OH excluding ortho intramolecular Hbond substituents is 1. The molecule has 3 rings (SSSR count). The molecule has 8 nitrogen and oxygen atoms in total. The molecule has 0 saturated carbocycles. The maximum Gasteiger partial charge on any atom is 0.162 e. The lowest BCUT2D eigenvalue weighted by molar-refractivity contribution is 0.278. The van der Waals surface area contributed by atoms with E-state index in [1.165, 1.54) is 12.4 Å². The van der Waals surface area contributed by atoms with Crippen LogP contribution in [0.3, 0.4) is 0 Å². The van der Waals surface area contributed by atoms with Gasteiger partial charge in [0.2, 0.25) is 0 Å². The van der Waals surface area contributed by atoms with E-state index >= 15 is 0 Å². The highest BCUT2D eigenvalue weighted by Gasteiger charge is 2.12. The van der Waals surface area contributed by atoms with Gasteiger partial charge in [-0.1, -0.05) is 11.6 Å². The van der Waals surface area contributed by atoms with Gasteiger partial charge in [-0.15, -0.1) is 0 Å². The molecule has 0 fully saturated rings. The number of methoxy groups -OCH3 is 1. The molecular weight excluding hydrogens is 408 g/mol.